The smallest absolute Gasteiger partial charge is 0.186 e. The summed E-state index contributed by atoms with van der Waals surface area (Å²) in [6.07, 6.45) is 0.592. The second-order valence-electron chi connectivity index (χ2n) is 3.37. The van der Waals surface area contributed by atoms with Crippen LogP contribution in [0.2, 0.25) is 0 Å². The minimum Gasteiger partial charge on any atom is -0.344 e. The average molecular weight is 170 g/mol. The van der Waals surface area contributed by atoms with Crippen LogP contribution >= 0.6 is 0 Å². The van der Waals surface area contributed by atoms with E-state index in [4.69, 9.17) is 9.47 Å². The highest BCUT2D eigenvalue weighted by Gasteiger charge is 2.41. The molecule has 0 saturated carbocycles. The molecule has 2 atom stereocenters. The molecule has 1 saturated heterocycles. The first-order valence-corrected chi connectivity index (χ1v) is 3.98. The fourth-order valence-electron chi connectivity index (χ4n) is 1.34. The molecule has 1 heterocycles. The molecule has 0 unspecified atom stereocenters. The molecule has 3 nitrogen and oxygen atoms in total. The van der Waals surface area contributed by atoms with Gasteiger partial charge in [-0.2, -0.15) is 0 Å². The van der Waals surface area contributed by atoms with Crippen molar-refractivity contribution >= 4 is 5.78 Å². The van der Waals surface area contributed by atoms with Crippen molar-refractivity contribution in [2.45, 2.75) is 38.8 Å². The van der Waals surface area contributed by atoms with Crippen LogP contribution in [0.25, 0.3) is 0 Å². The SMILES string of the molecule is C=CC(=O)[C@@H]1OC(C)(C)O[C@H]1C. The van der Waals surface area contributed by atoms with Crippen molar-refractivity contribution in [1.29, 1.82) is 0 Å². The van der Waals surface area contributed by atoms with Crippen molar-refractivity contribution in [1.82, 2.24) is 0 Å². The number of rotatable bonds is 2. The van der Waals surface area contributed by atoms with E-state index >= 15 is 0 Å². The average Bonchev–Trinajstić information content (AvgIpc) is 2.23. The molecule has 3 heteroatoms. The molecule has 0 spiro atoms. The maximum Gasteiger partial charge on any atom is 0.186 e. The Labute approximate surface area is 72.4 Å². The largest absolute Gasteiger partial charge is 0.344 e. The first kappa shape index (κ1) is 9.42. The fraction of sp³-hybridized carbons (Fsp3) is 0.667. The molecule has 0 aromatic heterocycles. The summed E-state index contributed by atoms with van der Waals surface area (Å²) < 4.78 is 10.8. The van der Waals surface area contributed by atoms with E-state index in [0.717, 1.165) is 0 Å². The van der Waals surface area contributed by atoms with E-state index in [2.05, 4.69) is 6.58 Å². The summed E-state index contributed by atoms with van der Waals surface area (Å²) in [7, 11) is 0. The summed E-state index contributed by atoms with van der Waals surface area (Å²) in [5.41, 5.74) is 0. The van der Waals surface area contributed by atoms with E-state index in [9.17, 15) is 4.79 Å². The zero-order valence-corrected chi connectivity index (χ0v) is 7.66. The van der Waals surface area contributed by atoms with Gasteiger partial charge in [0.2, 0.25) is 0 Å². The van der Waals surface area contributed by atoms with Crippen LogP contribution in [0, 0.1) is 0 Å². The number of ketones is 1. The first-order valence-electron chi connectivity index (χ1n) is 3.98. The quantitative estimate of drug-likeness (QED) is 0.586. The molecule has 1 rings (SSSR count). The van der Waals surface area contributed by atoms with E-state index in [1.54, 1.807) is 13.8 Å². The Bertz CT molecular complexity index is 208. The van der Waals surface area contributed by atoms with Gasteiger partial charge in [0.1, 0.15) is 6.10 Å². The standard InChI is InChI=1S/C9H14O3/c1-5-7(10)8-6(2)11-9(3,4)12-8/h5-6,8H,1H2,2-4H3/t6-,8+/m0/s1. The maximum atomic E-state index is 11.2. The number of carbonyl (C=O) groups excluding carboxylic acids is 1. The normalized spacial score (nSPS) is 33.2. The van der Waals surface area contributed by atoms with Gasteiger partial charge in [0.05, 0.1) is 6.10 Å². The Morgan fingerprint density at radius 1 is 1.50 bits per heavy atom. The maximum absolute atomic E-state index is 11.2. The fourth-order valence-corrected chi connectivity index (χ4v) is 1.34. The van der Waals surface area contributed by atoms with Gasteiger partial charge in [-0.1, -0.05) is 6.58 Å². The summed E-state index contributed by atoms with van der Waals surface area (Å²) in [5.74, 6) is -0.768. The second-order valence-corrected chi connectivity index (χ2v) is 3.37. The van der Waals surface area contributed by atoms with E-state index in [-0.39, 0.29) is 11.9 Å². The Hall–Kier alpha value is -0.670. The highest BCUT2D eigenvalue weighted by Crippen LogP contribution is 2.28. The van der Waals surface area contributed by atoms with E-state index in [0.29, 0.717) is 0 Å². The first-order chi connectivity index (χ1) is 5.46. The molecule has 1 aliphatic heterocycles. The molecule has 0 aromatic rings. The molecular formula is C9H14O3. The molecule has 0 bridgehead atoms. The van der Waals surface area contributed by atoms with Gasteiger partial charge < -0.3 is 9.47 Å². The molecule has 0 aliphatic carbocycles. The van der Waals surface area contributed by atoms with Gasteiger partial charge in [0.25, 0.3) is 0 Å². The highest BCUT2D eigenvalue weighted by atomic mass is 16.8. The summed E-state index contributed by atoms with van der Waals surface area (Å²) in [4.78, 5) is 11.2. The summed E-state index contributed by atoms with van der Waals surface area (Å²) in [6, 6.07) is 0. The van der Waals surface area contributed by atoms with Crippen molar-refractivity contribution in [3.63, 3.8) is 0 Å². The summed E-state index contributed by atoms with van der Waals surface area (Å²) in [6.45, 7) is 8.81. The van der Waals surface area contributed by atoms with Gasteiger partial charge in [0.15, 0.2) is 11.6 Å². The molecule has 0 N–H and O–H groups in total. The van der Waals surface area contributed by atoms with Crippen molar-refractivity contribution in [3.05, 3.63) is 12.7 Å². The minimum atomic E-state index is -0.650. The van der Waals surface area contributed by atoms with Crippen LogP contribution in [0.1, 0.15) is 20.8 Å². The van der Waals surface area contributed by atoms with Crippen molar-refractivity contribution in [2.24, 2.45) is 0 Å². The summed E-state index contributed by atoms with van der Waals surface area (Å²) in [5, 5.41) is 0. The molecular weight excluding hydrogens is 156 g/mol. The Balaban J connectivity index is 2.70. The van der Waals surface area contributed by atoms with Gasteiger partial charge in [0, 0.05) is 0 Å². The number of carbonyl (C=O) groups is 1. The number of hydrogen-bond donors (Lipinski definition) is 0. The van der Waals surface area contributed by atoms with Crippen LogP contribution in [0.15, 0.2) is 12.7 Å². The zero-order chi connectivity index (χ0) is 9.35. The molecule has 1 aliphatic rings. The number of hydrogen-bond acceptors (Lipinski definition) is 3. The lowest BCUT2D eigenvalue weighted by Gasteiger charge is -2.15. The van der Waals surface area contributed by atoms with Crippen molar-refractivity contribution < 1.29 is 14.3 Å². The third-order valence-corrected chi connectivity index (χ3v) is 1.79. The molecule has 0 aromatic carbocycles. The lowest BCUT2D eigenvalue weighted by molar-refractivity contribution is -0.152. The van der Waals surface area contributed by atoms with Gasteiger partial charge in [-0.25, -0.2) is 0 Å². The Morgan fingerprint density at radius 2 is 2.08 bits per heavy atom. The van der Waals surface area contributed by atoms with Crippen LogP contribution in [0.4, 0.5) is 0 Å². The molecule has 0 amide bonds. The lowest BCUT2D eigenvalue weighted by atomic mass is 10.1. The minimum absolute atomic E-state index is 0.118. The summed E-state index contributed by atoms with van der Waals surface area (Å²) >= 11 is 0. The van der Waals surface area contributed by atoms with Crippen molar-refractivity contribution in [3.8, 4) is 0 Å². The van der Waals surface area contributed by atoms with Gasteiger partial charge in [-0.15, -0.1) is 0 Å². The second kappa shape index (κ2) is 2.99. The van der Waals surface area contributed by atoms with Crippen LogP contribution in [-0.4, -0.2) is 23.8 Å². The van der Waals surface area contributed by atoms with Crippen LogP contribution in [0.3, 0.4) is 0 Å². The molecule has 1 fully saturated rings. The molecule has 68 valence electrons. The predicted octanol–water partition coefficient (Wildman–Crippen LogP) is 1.28. The Morgan fingerprint density at radius 3 is 2.42 bits per heavy atom. The van der Waals surface area contributed by atoms with E-state index < -0.39 is 11.9 Å². The topological polar surface area (TPSA) is 35.5 Å². The predicted molar refractivity (Wildman–Crippen MR) is 44.7 cm³/mol. The van der Waals surface area contributed by atoms with Crippen LogP contribution in [0.5, 0.6) is 0 Å². The van der Waals surface area contributed by atoms with Crippen LogP contribution < -0.4 is 0 Å². The van der Waals surface area contributed by atoms with Gasteiger partial charge >= 0.3 is 0 Å². The molecule has 12 heavy (non-hydrogen) atoms. The zero-order valence-electron chi connectivity index (χ0n) is 7.66. The van der Waals surface area contributed by atoms with Crippen LogP contribution in [-0.2, 0) is 14.3 Å². The highest BCUT2D eigenvalue weighted by molar-refractivity contribution is 5.93. The Kier molecular flexibility index (Phi) is 2.35. The van der Waals surface area contributed by atoms with E-state index in [1.165, 1.54) is 6.08 Å². The van der Waals surface area contributed by atoms with Gasteiger partial charge in [-0.05, 0) is 26.8 Å². The molecule has 0 radical (unpaired) electrons. The number of ether oxygens (including phenoxy) is 2. The van der Waals surface area contributed by atoms with Crippen molar-refractivity contribution in [2.75, 3.05) is 0 Å². The monoisotopic (exact) mass is 170 g/mol. The van der Waals surface area contributed by atoms with Gasteiger partial charge in [-0.3, -0.25) is 4.79 Å². The third-order valence-electron chi connectivity index (χ3n) is 1.79. The van der Waals surface area contributed by atoms with E-state index in [1.807, 2.05) is 6.92 Å². The third kappa shape index (κ3) is 1.73. The lowest BCUT2D eigenvalue weighted by Crippen LogP contribution is -2.28.